The number of aliphatic carboxylic acids is 1. The molecule has 4 amide bonds. The molecule has 0 spiro atoms. The summed E-state index contributed by atoms with van der Waals surface area (Å²) in [5.74, 6) is -7.53. The second-order valence-corrected chi connectivity index (χ2v) is 12.6. The maximum atomic E-state index is 14.3. The van der Waals surface area contributed by atoms with Gasteiger partial charge in [-0.2, -0.15) is 0 Å². The van der Waals surface area contributed by atoms with Crippen molar-refractivity contribution in [3.8, 4) is 5.75 Å². The highest BCUT2D eigenvalue weighted by molar-refractivity contribution is 6.58. The van der Waals surface area contributed by atoms with Crippen LogP contribution < -0.4 is 9.64 Å². The molecule has 230 valence electrons. The van der Waals surface area contributed by atoms with E-state index in [2.05, 4.69) is 0 Å². The average molecular weight is 645 g/mol. The fourth-order valence-corrected chi connectivity index (χ4v) is 8.12. The van der Waals surface area contributed by atoms with Gasteiger partial charge in [0.2, 0.25) is 11.8 Å². The zero-order valence-corrected chi connectivity index (χ0v) is 24.6. The number of amides is 4. The van der Waals surface area contributed by atoms with Crippen LogP contribution in [0.4, 0.5) is 10.1 Å². The number of carboxylic acids is 1. The van der Waals surface area contributed by atoms with Gasteiger partial charge in [-0.25, -0.2) is 9.29 Å². The Hall–Kier alpha value is -3.80. The van der Waals surface area contributed by atoms with Crippen molar-refractivity contribution in [2.24, 2.45) is 17.8 Å². The third-order valence-corrected chi connectivity index (χ3v) is 10.5. The molecule has 13 heteroatoms. The van der Waals surface area contributed by atoms with Gasteiger partial charge in [0.15, 0.2) is 9.75 Å². The van der Waals surface area contributed by atoms with Gasteiger partial charge < -0.3 is 14.9 Å². The Morgan fingerprint density at radius 2 is 1.66 bits per heavy atom. The van der Waals surface area contributed by atoms with Crippen molar-refractivity contribution in [3.63, 3.8) is 0 Å². The van der Waals surface area contributed by atoms with Crippen LogP contribution in [0.5, 0.6) is 5.75 Å². The number of nitrogens with zero attached hydrogens (tertiary/aromatic N) is 2. The number of aliphatic hydroxyl groups excluding tert-OH is 1. The van der Waals surface area contributed by atoms with E-state index in [0.29, 0.717) is 16.9 Å². The number of likely N-dealkylation sites (tertiary alicyclic amines) is 1. The zero-order valence-electron chi connectivity index (χ0n) is 23.1. The number of carbonyl (C=O) groups is 5. The van der Waals surface area contributed by atoms with Gasteiger partial charge in [0.05, 0.1) is 30.6 Å². The fraction of sp³-hybridized carbons (Fsp3) is 0.387. The van der Waals surface area contributed by atoms with Crippen LogP contribution in [0.1, 0.15) is 30.7 Å². The van der Waals surface area contributed by atoms with Crippen LogP contribution in [0.2, 0.25) is 0 Å². The molecule has 0 aromatic heterocycles. The first-order chi connectivity index (χ1) is 20.9. The van der Waals surface area contributed by atoms with Gasteiger partial charge in [0.25, 0.3) is 11.8 Å². The van der Waals surface area contributed by atoms with Crippen LogP contribution in [-0.4, -0.2) is 74.2 Å². The predicted molar refractivity (Wildman–Crippen MR) is 155 cm³/mol. The number of alkyl halides is 2. The number of anilines is 1. The fourth-order valence-electron chi connectivity index (χ4n) is 7.19. The van der Waals surface area contributed by atoms with Gasteiger partial charge in [-0.1, -0.05) is 23.8 Å². The molecule has 2 aliphatic carbocycles. The van der Waals surface area contributed by atoms with E-state index in [9.17, 15) is 28.4 Å². The van der Waals surface area contributed by atoms with Crippen molar-refractivity contribution in [2.75, 3.05) is 24.7 Å². The standard InChI is InChI=1S/C31H27Cl2FN2O8/c32-30-15-22-20(9-10-21-24(22)27(41)35(26(21)40)12-11-23(38)39)25(16-1-7-19(8-2-16)44-14-13-37)31(30,33)29(43)36(28(30)42)18-5-3-17(34)4-6-18/h1-9,21-22,24-25,37H,10-15H2,(H,38,39)/t21-,22+,24-,25-,30+,31-/m0/s1. The SMILES string of the molecule is O=C(O)CCN1C(=O)[C@H]2[C@H](CC=C3[C@H]2C[C@@]2(Cl)C(=O)N(c4ccc(F)cc4)C(=O)[C@@]2(Cl)[C@H]3c2ccc(OCCO)cc2)C1=O. The number of fused-ring (bicyclic) bond motifs is 4. The van der Waals surface area contributed by atoms with Crippen LogP contribution in [0.15, 0.2) is 60.2 Å². The first-order valence-electron chi connectivity index (χ1n) is 14.1. The van der Waals surface area contributed by atoms with E-state index in [4.69, 9.17) is 38.2 Å². The Morgan fingerprint density at radius 1 is 0.977 bits per heavy atom. The zero-order chi connectivity index (χ0) is 31.6. The van der Waals surface area contributed by atoms with Crippen LogP contribution in [0.25, 0.3) is 0 Å². The predicted octanol–water partition coefficient (Wildman–Crippen LogP) is 3.23. The Labute approximate surface area is 261 Å². The molecule has 0 bridgehead atoms. The summed E-state index contributed by atoms with van der Waals surface area (Å²) in [6, 6.07) is 11.3. The van der Waals surface area contributed by atoms with Crippen molar-refractivity contribution >= 4 is 58.5 Å². The summed E-state index contributed by atoms with van der Waals surface area (Å²) in [6.45, 7) is -0.438. The number of benzene rings is 2. The molecule has 0 radical (unpaired) electrons. The second-order valence-electron chi connectivity index (χ2n) is 11.4. The Morgan fingerprint density at radius 3 is 2.30 bits per heavy atom. The quantitative estimate of drug-likeness (QED) is 0.253. The normalized spacial score (nSPS) is 31.0. The third kappa shape index (κ3) is 4.35. The van der Waals surface area contributed by atoms with Gasteiger partial charge in [0, 0.05) is 12.5 Å². The topological polar surface area (TPSA) is 142 Å². The molecular weight excluding hydrogens is 618 g/mol. The van der Waals surface area contributed by atoms with Crippen LogP contribution >= 0.6 is 23.2 Å². The summed E-state index contributed by atoms with van der Waals surface area (Å²) in [4.78, 5) is 64.4. The van der Waals surface area contributed by atoms with E-state index >= 15 is 0 Å². The highest BCUT2D eigenvalue weighted by atomic mass is 35.5. The molecule has 10 nitrogen and oxygen atoms in total. The highest BCUT2D eigenvalue weighted by Crippen LogP contribution is 2.65. The number of rotatable bonds is 8. The Bertz CT molecular complexity index is 1600. The summed E-state index contributed by atoms with van der Waals surface area (Å²) >= 11 is 14.6. The van der Waals surface area contributed by atoms with E-state index < -0.39 is 75.3 Å². The Balaban J connectivity index is 1.48. The molecule has 1 saturated carbocycles. The minimum Gasteiger partial charge on any atom is -0.491 e. The lowest BCUT2D eigenvalue weighted by atomic mass is 9.56. The van der Waals surface area contributed by atoms with E-state index in [0.717, 1.165) is 21.9 Å². The number of aliphatic hydroxyl groups is 1. The molecule has 44 heavy (non-hydrogen) atoms. The number of carbonyl (C=O) groups excluding carboxylic acids is 4. The number of imide groups is 2. The summed E-state index contributed by atoms with van der Waals surface area (Å²) in [5.41, 5.74) is 1.14. The minimum atomic E-state index is -2.07. The number of hydrogen-bond acceptors (Lipinski definition) is 7. The van der Waals surface area contributed by atoms with Crippen molar-refractivity contribution in [3.05, 3.63) is 71.6 Å². The number of halogens is 3. The van der Waals surface area contributed by atoms with Gasteiger partial charge >= 0.3 is 5.97 Å². The van der Waals surface area contributed by atoms with Crippen molar-refractivity contribution in [1.29, 1.82) is 0 Å². The van der Waals surface area contributed by atoms with Crippen molar-refractivity contribution in [1.82, 2.24) is 4.90 Å². The maximum Gasteiger partial charge on any atom is 0.305 e. The summed E-state index contributed by atoms with van der Waals surface area (Å²) in [6.07, 6.45) is 1.26. The van der Waals surface area contributed by atoms with E-state index in [-0.39, 0.29) is 38.3 Å². The Kier molecular flexibility index (Phi) is 7.54. The summed E-state index contributed by atoms with van der Waals surface area (Å²) in [5, 5.41) is 18.3. The number of carboxylic acid groups (broad SMARTS) is 1. The molecule has 6 rings (SSSR count). The van der Waals surface area contributed by atoms with E-state index in [1.807, 2.05) is 0 Å². The number of ether oxygens (including phenoxy) is 1. The molecule has 2 aromatic carbocycles. The lowest BCUT2D eigenvalue weighted by molar-refractivity contribution is -0.142. The molecule has 2 N–H and O–H groups in total. The lowest BCUT2D eigenvalue weighted by Crippen LogP contribution is -2.60. The number of hydrogen-bond donors (Lipinski definition) is 2. The smallest absolute Gasteiger partial charge is 0.305 e. The van der Waals surface area contributed by atoms with Gasteiger partial charge in [-0.05, 0) is 60.7 Å². The molecule has 2 aliphatic heterocycles. The highest BCUT2D eigenvalue weighted by Gasteiger charge is 2.76. The minimum absolute atomic E-state index is 0.0530. The molecule has 2 aromatic rings. The molecule has 2 saturated heterocycles. The van der Waals surface area contributed by atoms with Crippen molar-refractivity contribution in [2.45, 2.75) is 34.9 Å². The first-order valence-corrected chi connectivity index (χ1v) is 14.8. The maximum absolute atomic E-state index is 14.3. The molecular formula is C31H27Cl2FN2O8. The molecule has 3 fully saturated rings. The van der Waals surface area contributed by atoms with Crippen LogP contribution in [-0.2, 0) is 24.0 Å². The monoisotopic (exact) mass is 644 g/mol. The first kappa shape index (κ1) is 30.2. The van der Waals surface area contributed by atoms with Crippen LogP contribution in [0, 0.1) is 23.6 Å². The van der Waals surface area contributed by atoms with E-state index in [1.165, 1.54) is 12.1 Å². The second kappa shape index (κ2) is 11.0. The van der Waals surface area contributed by atoms with Gasteiger partial charge in [-0.15, -0.1) is 23.2 Å². The van der Waals surface area contributed by atoms with Crippen molar-refractivity contribution < 1.29 is 43.3 Å². The number of allylic oxidation sites excluding steroid dienone is 2. The summed E-state index contributed by atoms with van der Waals surface area (Å²) in [7, 11) is 0. The van der Waals surface area contributed by atoms with Crippen LogP contribution in [0.3, 0.4) is 0 Å². The van der Waals surface area contributed by atoms with E-state index in [1.54, 1.807) is 30.3 Å². The average Bonchev–Trinajstić information content (AvgIpc) is 3.33. The third-order valence-electron chi connectivity index (χ3n) is 9.11. The van der Waals surface area contributed by atoms with Gasteiger partial charge in [0.1, 0.15) is 18.2 Å². The summed E-state index contributed by atoms with van der Waals surface area (Å²) < 4.78 is 19.2. The lowest BCUT2D eigenvalue weighted by Gasteiger charge is -2.50. The molecule has 4 aliphatic rings. The molecule has 6 atom stereocenters. The van der Waals surface area contributed by atoms with Gasteiger partial charge in [-0.3, -0.25) is 28.9 Å². The largest absolute Gasteiger partial charge is 0.491 e. The molecule has 0 unspecified atom stereocenters. The molecule has 2 heterocycles.